The lowest BCUT2D eigenvalue weighted by molar-refractivity contribution is 0.0580. The van der Waals surface area contributed by atoms with Gasteiger partial charge in [0.1, 0.15) is 0 Å². The molecule has 0 aliphatic heterocycles. The van der Waals surface area contributed by atoms with Gasteiger partial charge in [-0.3, -0.25) is 0 Å². The molecule has 0 aliphatic carbocycles. The second-order valence-electron chi connectivity index (χ2n) is 6.33. The molecule has 154 valence electrons. The molecule has 2 aromatic heterocycles. The number of carbonyl (C=O) groups excluding carboxylic acids is 2. The molecule has 0 amide bonds. The van der Waals surface area contributed by atoms with E-state index in [2.05, 4.69) is 36.3 Å². The fourth-order valence-electron chi connectivity index (χ4n) is 2.84. The standard InChI is InChI=1S/C11H12N2O2.C10H10N2O2.2H2/c1-3-7-4-5-8-9(6-7)13-10(12-8)11(14)15-2;1-6-4-3-5-7-8(6)12-9(11-7)10(13)14-2;;/h4-6H,3H2,1-2H3,(H,12,13);3-5H,1-2H3,(H,11,12);2*1H. The number of nitrogens with zero attached hydrogens (tertiary/aromatic N) is 2. The molecule has 0 atom stereocenters. The Morgan fingerprint density at radius 3 is 2.24 bits per heavy atom. The van der Waals surface area contributed by atoms with Crippen LogP contribution in [0.25, 0.3) is 22.1 Å². The second-order valence-corrected chi connectivity index (χ2v) is 6.33. The van der Waals surface area contributed by atoms with Crippen molar-refractivity contribution in [3.8, 4) is 0 Å². The van der Waals surface area contributed by atoms with Crippen LogP contribution in [0, 0.1) is 6.92 Å². The molecule has 0 spiro atoms. The second kappa shape index (κ2) is 8.55. The molecule has 8 heteroatoms. The largest absolute Gasteiger partial charge is 0.463 e. The summed E-state index contributed by atoms with van der Waals surface area (Å²) < 4.78 is 9.16. The highest BCUT2D eigenvalue weighted by molar-refractivity contribution is 5.91. The third kappa shape index (κ3) is 4.26. The van der Waals surface area contributed by atoms with Crippen molar-refractivity contribution in [2.24, 2.45) is 0 Å². The van der Waals surface area contributed by atoms with Crippen LogP contribution in [0.1, 0.15) is 42.1 Å². The molecule has 4 rings (SSSR count). The number of H-pyrrole nitrogens is 2. The first kappa shape index (κ1) is 20.1. The maximum Gasteiger partial charge on any atom is 0.374 e. The van der Waals surface area contributed by atoms with E-state index >= 15 is 0 Å². The van der Waals surface area contributed by atoms with Crippen molar-refractivity contribution in [2.45, 2.75) is 20.3 Å². The fourth-order valence-corrected chi connectivity index (χ4v) is 2.84. The Hall–Kier alpha value is -3.68. The van der Waals surface area contributed by atoms with E-state index in [0.717, 1.165) is 34.1 Å². The number of para-hydroxylation sites is 1. The number of aryl methyl sites for hydroxylation is 2. The fraction of sp³-hybridized carbons (Fsp3) is 0.238. The van der Waals surface area contributed by atoms with E-state index < -0.39 is 11.9 Å². The molecular formula is C21H26N4O4. The van der Waals surface area contributed by atoms with Gasteiger partial charge in [0.2, 0.25) is 11.6 Å². The molecule has 0 fully saturated rings. The lowest BCUT2D eigenvalue weighted by Crippen LogP contribution is -2.02. The first-order chi connectivity index (χ1) is 14.0. The van der Waals surface area contributed by atoms with Crippen molar-refractivity contribution in [3.05, 3.63) is 59.2 Å². The number of ether oxygens (including phenoxy) is 2. The normalized spacial score (nSPS) is 10.5. The van der Waals surface area contributed by atoms with Crippen LogP contribution in [0.3, 0.4) is 0 Å². The molecule has 4 aromatic rings. The van der Waals surface area contributed by atoms with E-state index in [9.17, 15) is 9.59 Å². The Kier molecular flexibility index (Phi) is 5.92. The Labute approximate surface area is 170 Å². The van der Waals surface area contributed by atoms with Crippen LogP contribution in [0.5, 0.6) is 0 Å². The van der Waals surface area contributed by atoms with Gasteiger partial charge in [-0.15, -0.1) is 0 Å². The molecule has 0 radical (unpaired) electrons. The van der Waals surface area contributed by atoms with Crippen LogP contribution in [-0.2, 0) is 15.9 Å². The number of imidazole rings is 2. The summed E-state index contributed by atoms with van der Waals surface area (Å²) in [6.07, 6.45) is 0.961. The zero-order valence-electron chi connectivity index (χ0n) is 16.7. The molecule has 29 heavy (non-hydrogen) atoms. The number of rotatable bonds is 3. The molecule has 0 bridgehead atoms. The number of aromatic amines is 2. The lowest BCUT2D eigenvalue weighted by Gasteiger charge is -1.93. The Balaban J connectivity index is 0.000000292. The van der Waals surface area contributed by atoms with Crippen LogP contribution in [0.15, 0.2) is 36.4 Å². The number of esters is 2. The molecule has 0 aliphatic rings. The van der Waals surface area contributed by atoms with E-state index in [4.69, 9.17) is 0 Å². The van der Waals surface area contributed by atoms with Gasteiger partial charge in [0, 0.05) is 2.85 Å². The van der Waals surface area contributed by atoms with Crippen LogP contribution in [0.2, 0.25) is 0 Å². The Morgan fingerprint density at radius 1 is 0.966 bits per heavy atom. The van der Waals surface area contributed by atoms with Crippen molar-refractivity contribution >= 4 is 34.0 Å². The van der Waals surface area contributed by atoms with E-state index in [1.165, 1.54) is 19.8 Å². The van der Waals surface area contributed by atoms with Gasteiger partial charge in [0.05, 0.1) is 36.3 Å². The highest BCUT2D eigenvalue weighted by atomic mass is 16.5. The summed E-state index contributed by atoms with van der Waals surface area (Å²) in [7, 11) is 2.68. The Morgan fingerprint density at radius 2 is 1.62 bits per heavy atom. The average molecular weight is 398 g/mol. The van der Waals surface area contributed by atoms with Gasteiger partial charge < -0.3 is 19.4 Å². The number of hydrogen-bond acceptors (Lipinski definition) is 6. The van der Waals surface area contributed by atoms with E-state index in [1.807, 2.05) is 43.3 Å². The van der Waals surface area contributed by atoms with E-state index in [-0.39, 0.29) is 14.5 Å². The minimum Gasteiger partial charge on any atom is -0.463 e. The van der Waals surface area contributed by atoms with Crippen molar-refractivity contribution < 1.29 is 21.9 Å². The van der Waals surface area contributed by atoms with Crippen LogP contribution >= 0.6 is 0 Å². The molecule has 0 saturated heterocycles. The summed E-state index contributed by atoms with van der Waals surface area (Å²) in [6, 6.07) is 11.6. The molecule has 2 aromatic carbocycles. The minimum absolute atomic E-state index is 0. The van der Waals surface area contributed by atoms with Gasteiger partial charge in [0.25, 0.3) is 0 Å². The topological polar surface area (TPSA) is 110 Å². The zero-order chi connectivity index (χ0) is 21.0. The molecular weight excluding hydrogens is 372 g/mol. The molecule has 2 N–H and O–H groups in total. The van der Waals surface area contributed by atoms with Crippen molar-refractivity contribution in [3.63, 3.8) is 0 Å². The number of carbonyl (C=O) groups is 2. The maximum absolute atomic E-state index is 11.2. The number of methoxy groups -OCH3 is 2. The van der Waals surface area contributed by atoms with Crippen LogP contribution < -0.4 is 0 Å². The van der Waals surface area contributed by atoms with Gasteiger partial charge in [-0.05, 0) is 42.7 Å². The zero-order valence-corrected chi connectivity index (χ0v) is 16.7. The molecule has 0 unspecified atom stereocenters. The molecule has 0 saturated carbocycles. The number of nitrogens with one attached hydrogen (secondary N) is 2. The van der Waals surface area contributed by atoms with Gasteiger partial charge in [0.15, 0.2) is 0 Å². The number of benzene rings is 2. The highest BCUT2D eigenvalue weighted by Gasteiger charge is 2.12. The SMILES string of the molecule is CCc1ccc2nc(C(=O)OC)[nH]c2c1.COC(=O)c1nc2c(C)cccc2[nH]1.[HH].[HH]. The van der Waals surface area contributed by atoms with E-state index in [0.29, 0.717) is 0 Å². The van der Waals surface area contributed by atoms with Gasteiger partial charge in [-0.2, -0.15) is 0 Å². The summed E-state index contributed by atoms with van der Waals surface area (Å²) in [6.45, 7) is 4.03. The van der Waals surface area contributed by atoms with Gasteiger partial charge >= 0.3 is 11.9 Å². The number of hydrogen-bond donors (Lipinski definition) is 2. The predicted molar refractivity (Wildman–Crippen MR) is 113 cm³/mol. The van der Waals surface area contributed by atoms with E-state index in [1.54, 1.807) is 0 Å². The van der Waals surface area contributed by atoms with Crippen molar-refractivity contribution in [1.29, 1.82) is 0 Å². The monoisotopic (exact) mass is 398 g/mol. The summed E-state index contributed by atoms with van der Waals surface area (Å²) >= 11 is 0. The van der Waals surface area contributed by atoms with Gasteiger partial charge in [-0.1, -0.05) is 25.1 Å². The summed E-state index contributed by atoms with van der Waals surface area (Å²) in [5.41, 5.74) is 5.57. The lowest BCUT2D eigenvalue weighted by atomic mass is 10.1. The molecule has 2 heterocycles. The third-order valence-electron chi connectivity index (χ3n) is 4.43. The van der Waals surface area contributed by atoms with Gasteiger partial charge in [-0.25, -0.2) is 19.6 Å². The summed E-state index contributed by atoms with van der Waals surface area (Å²) in [4.78, 5) is 36.5. The highest BCUT2D eigenvalue weighted by Crippen LogP contribution is 2.16. The first-order valence-electron chi connectivity index (χ1n) is 9.07. The van der Waals surface area contributed by atoms with Crippen molar-refractivity contribution in [2.75, 3.05) is 14.2 Å². The quantitative estimate of drug-likeness (QED) is 0.504. The predicted octanol–water partition coefficient (Wildman–Crippen LogP) is 4.06. The van der Waals surface area contributed by atoms with Crippen molar-refractivity contribution in [1.82, 2.24) is 19.9 Å². The van der Waals surface area contributed by atoms with Crippen LogP contribution in [0.4, 0.5) is 0 Å². The minimum atomic E-state index is -0.444. The average Bonchev–Trinajstić information content (AvgIpc) is 3.37. The number of aromatic nitrogens is 4. The summed E-state index contributed by atoms with van der Waals surface area (Å²) in [5.74, 6) is -0.387. The molecule has 8 nitrogen and oxygen atoms in total. The number of fused-ring (bicyclic) bond motifs is 2. The Bertz CT molecular complexity index is 1190. The first-order valence-corrected chi connectivity index (χ1v) is 9.07. The smallest absolute Gasteiger partial charge is 0.374 e. The van der Waals surface area contributed by atoms with Crippen LogP contribution in [-0.4, -0.2) is 46.1 Å². The summed E-state index contributed by atoms with van der Waals surface area (Å²) in [5, 5.41) is 0. The maximum atomic E-state index is 11.2. The third-order valence-corrected chi connectivity index (χ3v) is 4.43.